The zero-order valence-electron chi connectivity index (χ0n) is 27.5. The molecule has 2 N–H and O–H groups in total. The topological polar surface area (TPSA) is 107 Å². The number of hydrogen-bond donors (Lipinski definition) is 1. The number of carbonyl (C=O) groups is 2. The number of pyridine rings is 1. The summed E-state index contributed by atoms with van der Waals surface area (Å²) in [5, 5.41) is 6.35. The lowest BCUT2D eigenvalue weighted by molar-refractivity contribution is -0.142. The zero-order valence-corrected chi connectivity index (χ0v) is 27.5. The van der Waals surface area contributed by atoms with E-state index in [4.69, 9.17) is 20.3 Å². The van der Waals surface area contributed by atoms with Crippen molar-refractivity contribution >= 4 is 28.2 Å². The SMILES string of the molecule is COc1cc(C(=O)N2CCCC(N)C2)cn2nc(-c3cc4cccc(C5CCN(C(=O)C(C)OC)CC5)c4n3CC3CC3)c(C)c12. The number of hydrogen-bond acceptors (Lipinski definition) is 6. The van der Waals surface area contributed by atoms with E-state index in [1.165, 1.54) is 29.3 Å². The van der Waals surface area contributed by atoms with Crippen molar-refractivity contribution in [1.29, 1.82) is 0 Å². The molecule has 0 radical (unpaired) electrons. The Morgan fingerprint density at radius 1 is 1.02 bits per heavy atom. The second-order valence-corrected chi connectivity index (χ2v) is 13.6. The smallest absolute Gasteiger partial charge is 0.255 e. The first-order chi connectivity index (χ1) is 22.3. The van der Waals surface area contributed by atoms with Crippen LogP contribution in [0.2, 0.25) is 0 Å². The van der Waals surface area contributed by atoms with Gasteiger partial charge in [-0.25, -0.2) is 4.52 Å². The third-order valence-electron chi connectivity index (χ3n) is 10.4. The number of nitrogens with two attached hydrogens (primary N) is 1. The van der Waals surface area contributed by atoms with Crippen molar-refractivity contribution in [2.75, 3.05) is 40.4 Å². The van der Waals surface area contributed by atoms with Crippen LogP contribution in [0, 0.1) is 12.8 Å². The number of nitrogens with zero attached hydrogens (tertiary/aromatic N) is 5. The maximum Gasteiger partial charge on any atom is 0.255 e. The molecule has 10 heteroatoms. The highest BCUT2D eigenvalue weighted by Crippen LogP contribution is 2.42. The molecule has 3 fully saturated rings. The predicted octanol–water partition coefficient (Wildman–Crippen LogP) is 4.99. The standard InChI is InChI=1S/C36H46N6O4/c1-22-32(38-42-20-27(18-31(46-4)33(22)42)36(44)40-14-6-8-28(37)21-40)30-17-26-7-5-9-29(34(26)41(30)19-24-10-11-24)25-12-15-39(16-13-25)35(43)23(2)45-3/h5,7,9,17-18,20,23-25,28H,6,8,10-16,19,21,37H2,1-4H3. The Labute approximate surface area is 270 Å². The lowest BCUT2D eigenvalue weighted by Crippen LogP contribution is -2.45. The number of ether oxygens (including phenoxy) is 2. The van der Waals surface area contributed by atoms with Gasteiger partial charge in [-0.3, -0.25) is 9.59 Å². The molecule has 46 heavy (non-hydrogen) atoms. The van der Waals surface area contributed by atoms with Gasteiger partial charge in [0.25, 0.3) is 11.8 Å². The van der Waals surface area contributed by atoms with Crippen LogP contribution >= 0.6 is 0 Å². The molecule has 2 aliphatic heterocycles. The number of rotatable bonds is 8. The van der Waals surface area contributed by atoms with Crippen LogP contribution in [0.3, 0.4) is 0 Å². The summed E-state index contributed by atoms with van der Waals surface area (Å²) in [7, 11) is 3.24. The van der Waals surface area contributed by atoms with E-state index in [0.29, 0.717) is 36.2 Å². The summed E-state index contributed by atoms with van der Waals surface area (Å²) in [5.74, 6) is 1.69. The van der Waals surface area contributed by atoms with Crippen molar-refractivity contribution in [2.45, 2.75) is 77.0 Å². The number of likely N-dealkylation sites (tertiary alicyclic amines) is 2. The average molecular weight is 627 g/mol. The molecule has 1 aliphatic carbocycles. The summed E-state index contributed by atoms with van der Waals surface area (Å²) in [6, 6.07) is 10.8. The fourth-order valence-corrected chi connectivity index (χ4v) is 7.58. The maximum atomic E-state index is 13.6. The van der Waals surface area contributed by atoms with Crippen LogP contribution in [0.4, 0.5) is 0 Å². The Morgan fingerprint density at radius 2 is 1.80 bits per heavy atom. The molecule has 1 aromatic carbocycles. The quantitative estimate of drug-likeness (QED) is 0.296. The van der Waals surface area contributed by atoms with Crippen molar-refractivity contribution in [1.82, 2.24) is 24.0 Å². The Kier molecular flexibility index (Phi) is 8.27. The molecule has 7 rings (SSSR count). The highest BCUT2D eigenvalue weighted by Gasteiger charge is 2.31. The van der Waals surface area contributed by atoms with Crippen molar-refractivity contribution in [2.24, 2.45) is 11.7 Å². The van der Waals surface area contributed by atoms with Crippen LogP contribution in [-0.2, 0) is 16.1 Å². The van der Waals surface area contributed by atoms with Crippen LogP contribution < -0.4 is 10.5 Å². The largest absolute Gasteiger partial charge is 0.494 e. The monoisotopic (exact) mass is 626 g/mol. The Bertz CT molecular complexity index is 1780. The molecule has 4 aromatic rings. The Hall–Kier alpha value is -3.89. The van der Waals surface area contributed by atoms with Gasteiger partial charge in [0, 0.05) is 63.0 Å². The van der Waals surface area contributed by atoms with Gasteiger partial charge in [-0.2, -0.15) is 5.10 Å². The number of aromatic nitrogens is 3. The number of aryl methyl sites for hydroxylation is 1. The van der Waals surface area contributed by atoms with Crippen molar-refractivity contribution in [3.8, 4) is 17.1 Å². The van der Waals surface area contributed by atoms with E-state index >= 15 is 0 Å². The number of methoxy groups -OCH3 is 2. The van der Waals surface area contributed by atoms with E-state index in [1.54, 1.807) is 14.2 Å². The van der Waals surface area contributed by atoms with Gasteiger partial charge in [0.05, 0.1) is 23.9 Å². The molecule has 244 valence electrons. The normalized spacial score (nSPS) is 20.1. The lowest BCUT2D eigenvalue weighted by atomic mass is 9.88. The summed E-state index contributed by atoms with van der Waals surface area (Å²) in [6.45, 7) is 7.61. The van der Waals surface area contributed by atoms with Gasteiger partial charge in [0.2, 0.25) is 0 Å². The Balaban J connectivity index is 1.28. The third kappa shape index (κ3) is 5.55. The molecule has 10 nitrogen and oxygen atoms in total. The fraction of sp³-hybridized carbons (Fsp3) is 0.528. The molecular weight excluding hydrogens is 580 g/mol. The van der Waals surface area contributed by atoms with Crippen molar-refractivity contribution in [3.05, 3.63) is 53.2 Å². The second-order valence-electron chi connectivity index (χ2n) is 13.6. The average Bonchev–Trinajstić information content (AvgIpc) is 3.75. The van der Waals surface area contributed by atoms with E-state index in [-0.39, 0.29) is 17.9 Å². The van der Waals surface area contributed by atoms with Gasteiger partial charge in [-0.1, -0.05) is 18.2 Å². The summed E-state index contributed by atoms with van der Waals surface area (Å²) in [6.07, 6.45) is 7.61. The minimum atomic E-state index is -0.414. The van der Waals surface area contributed by atoms with Crippen molar-refractivity contribution < 1.29 is 19.1 Å². The van der Waals surface area contributed by atoms with Crippen LogP contribution in [0.15, 0.2) is 36.5 Å². The minimum Gasteiger partial charge on any atom is -0.494 e. The second kappa shape index (κ2) is 12.4. The molecule has 2 atom stereocenters. The first kappa shape index (κ1) is 30.7. The molecule has 0 spiro atoms. The van der Waals surface area contributed by atoms with E-state index < -0.39 is 6.10 Å². The number of carbonyl (C=O) groups excluding carboxylic acids is 2. The number of benzene rings is 1. The minimum absolute atomic E-state index is 0.00884. The molecule has 2 unspecified atom stereocenters. The number of para-hydroxylation sites is 1. The number of piperidine rings is 2. The highest BCUT2D eigenvalue weighted by atomic mass is 16.5. The van der Waals surface area contributed by atoms with Gasteiger partial charge < -0.3 is 29.6 Å². The number of fused-ring (bicyclic) bond motifs is 2. The lowest BCUT2D eigenvalue weighted by Gasteiger charge is -2.34. The molecule has 2 amide bonds. The van der Waals surface area contributed by atoms with Gasteiger partial charge in [-0.15, -0.1) is 0 Å². The van der Waals surface area contributed by atoms with Crippen LogP contribution in [-0.4, -0.2) is 88.3 Å². The van der Waals surface area contributed by atoms with Crippen LogP contribution in [0.25, 0.3) is 27.8 Å². The van der Waals surface area contributed by atoms with E-state index in [9.17, 15) is 9.59 Å². The van der Waals surface area contributed by atoms with Gasteiger partial charge in [-0.05, 0) is 81.9 Å². The Morgan fingerprint density at radius 3 is 2.50 bits per heavy atom. The van der Waals surface area contributed by atoms with Crippen LogP contribution in [0.1, 0.15) is 72.9 Å². The highest BCUT2D eigenvalue weighted by molar-refractivity contribution is 5.96. The fourth-order valence-electron chi connectivity index (χ4n) is 7.58. The zero-order chi connectivity index (χ0) is 32.1. The molecular formula is C36H46N6O4. The summed E-state index contributed by atoms with van der Waals surface area (Å²) in [5.41, 5.74) is 13.3. The van der Waals surface area contributed by atoms with Crippen molar-refractivity contribution in [3.63, 3.8) is 0 Å². The summed E-state index contributed by atoms with van der Waals surface area (Å²) in [4.78, 5) is 30.1. The van der Waals surface area contributed by atoms with Crippen LogP contribution in [0.5, 0.6) is 5.75 Å². The molecule has 0 bridgehead atoms. The molecule has 5 heterocycles. The van der Waals surface area contributed by atoms with Gasteiger partial charge in [0.1, 0.15) is 23.1 Å². The van der Waals surface area contributed by atoms with Gasteiger partial charge in [0.15, 0.2) is 0 Å². The maximum absolute atomic E-state index is 13.6. The molecule has 3 aliphatic rings. The van der Waals surface area contributed by atoms with E-state index in [0.717, 1.165) is 67.8 Å². The predicted molar refractivity (Wildman–Crippen MR) is 178 cm³/mol. The van der Waals surface area contributed by atoms with E-state index in [1.807, 2.05) is 33.5 Å². The van der Waals surface area contributed by atoms with Gasteiger partial charge >= 0.3 is 0 Å². The third-order valence-corrected chi connectivity index (χ3v) is 10.4. The summed E-state index contributed by atoms with van der Waals surface area (Å²) >= 11 is 0. The number of amides is 2. The first-order valence-corrected chi connectivity index (χ1v) is 16.8. The first-order valence-electron chi connectivity index (χ1n) is 16.8. The van der Waals surface area contributed by atoms with E-state index in [2.05, 4.69) is 35.8 Å². The summed E-state index contributed by atoms with van der Waals surface area (Å²) < 4.78 is 15.5. The molecule has 2 saturated heterocycles. The molecule has 1 saturated carbocycles. The molecule has 3 aromatic heterocycles.